The molecule has 0 radical (unpaired) electrons. The van der Waals surface area contributed by atoms with Crippen LogP contribution in [0.1, 0.15) is 37.1 Å². The van der Waals surface area contributed by atoms with Gasteiger partial charge in [-0.25, -0.2) is 5.01 Å². The molecule has 8 heteroatoms. The van der Waals surface area contributed by atoms with Crippen molar-refractivity contribution in [2.24, 2.45) is 11.0 Å². The van der Waals surface area contributed by atoms with Gasteiger partial charge in [-0.2, -0.15) is 5.10 Å². The van der Waals surface area contributed by atoms with E-state index in [9.17, 15) is 4.79 Å². The number of halogens is 2. The normalized spacial score (nSPS) is 23.0. The van der Waals surface area contributed by atoms with Gasteiger partial charge in [0.05, 0.1) is 16.8 Å². The van der Waals surface area contributed by atoms with Gasteiger partial charge in [-0.3, -0.25) is 15.2 Å². The Balaban J connectivity index is 1.65. The van der Waals surface area contributed by atoms with E-state index in [-0.39, 0.29) is 17.9 Å². The molecular weight excluding hydrogens is 415 g/mol. The predicted molar refractivity (Wildman–Crippen MR) is 116 cm³/mol. The number of rotatable bonds is 4. The molecule has 2 aromatic rings. The van der Waals surface area contributed by atoms with Crippen molar-refractivity contribution in [3.63, 3.8) is 0 Å². The number of amides is 1. The Morgan fingerprint density at radius 3 is 2.68 bits per heavy atom. The molecule has 4 rings (SSSR count). The number of hydrogen-bond acceptors (Lipinski definition) is 5. The summed E-state index contributed by atoms with van der Waals surface area (Å²) in [6, 6.07) is 9.35. The minimum absolute atomic E-state index is 0.0739. The second-order valence-electron chi connectivity index (χ2n) is 7.16. The molecule has 1 N–H and O–H groups in total. The van der Waals surface area contributed by atoms with Crippen LogP contribution < -0.4 is 10.4 Å². The quantitative estimate of drug-likeness (QED) is 0.722. The van der Waals surface area contributed by atoms with E-state index in [1.807, 2.05) is 34.5 Å². The van der Waals surface area contributed by atoms with E-state index in [0.29, 0.717) is 15.8 Å². The minimum Gasteiger partial charge on any atom is -0.284 e. The van der Waals surface area contributed by atoms with Crippen molar-refractivity contribution in [1.82, 2.24) is 10.4 Å². The third-order valence-electron chi connectivity index (χ3n) is 5.22. The van der Waals surface area contributed by atoms with Gasteiger partial charge in [0.2, 0.25) is 0 Å². The molecule has 5 nitrogen and oxygen atoms in total. The molecule has 0 bridgehead atoms. The van der Waals surface area contributed by atoms with Crippen LogP contribution in [0, 0.1) is 5.92 Å². The highest BCUT2D eigenvalue weighted by Crippen LogP contribution is 2.43. The van der Waals surface area contributed by atoms with Crippen molar-refractivity contribution in [2.45, 2.75) is 32.2 Å². The first kappa shape index (κ1) is 19.7. The molecule has 1 fully saturated rings. The molecule has 0 aliphatic carbocycles. The number of nitrogens with one attached hydrogen (secondary N) is 1. The lowest BCUT2D eigenvalue weighted by atomic mass is 9.95. The molecule has 2 aliphatic heterocycles. The average molecular weight is 437 g/mol. The van der Waals surface area contributed by atoms with Crippen molar-refractivity contribution < 1.29 is 4.79 Å². The molecule has 1 amide bonds. The Morgan fingerprint density at radius 1 is 1.21 bits per heavy atom. The smallest absolute Gasteiger partial charge is 0.282 e. The van der Waals surface area contributed by atoms with E-state index in [4.69, 9.17) is 28.3 Å². The maximum Gasteiger partial charge on any atom is 0.282 e. The predicted octanol–water partition coefficient (Wildman–Crippen LogP) is 5.13. The van der Waals surface area contributed by atoms with Gasteiger partial charge in [-0.05, 0) is 42.5 Å². The van der Waals surface area contributed by atoms with Crippen LogP contribution in [0.4, 0.5) is 5.69 Å². The fourth-order valence-corrected chi connectivity index (χ4v) is 5.20. The highest BCUT2D eigenvalue weighted by molar-refractivity contribution is 7.10. The molecule has 0 spiro atoms. The minimum atomic E-state index is -0.136. The second-order valence-corrected chi connectivity index (χ2v) is 8.99. The zero-order chi connectivity index (χ0) is 19.7. The van der Waals surface area contributed by atoms with Gasteiger partial charge >= 0.3 is 0 Å². The summed E-state index contributed by atoms with van der Waals surface area (Å²) in [5.41, 5.74) is 4.31. The molecule has 1 saturated heterocycles. The van der Waals surface area contributed by atoms with Gasteiger partial charge in [-0.15, -0.1) is 11.3 Å². The topological polar surface area (TPSA) is 47.9 Å². The summed E-state index contributed by atoms with van der Waals surface area (Å²) < 4.78 is 0. The summed E-state index contributed by atoms with van der Waals surface area (Å²) in [5.74, 6) is -0.210. The van der Waals surface area contributed by atoms with Crippen LogP contribution in [0.15, 0.2) is 40.8 Å². The monoisotopic (exact) mass is 436 g/mol. The Labute approximate surface area is 178 Å². The third-order valence-corrected chi connectivity index (χ3v) is 6.70. The van der Waals surface area contributed by atoms with Crippen LogP contribution in [0.3, 0.4) is 0 Å². The number of piperidine rings is 1. The number of hydrazine groups is 1. The van der Waals surface area contributed by atoms with Crippen LogP contribution in [0.2, 0.25) is 10.0 Å². The van der Waals surface area contributed by atoms with Gasteiger partial charge in [0, 0.05) is 28.9 Å². The highest BCUT2D eigenvalue weighted by atomic mass is 35.5. The summed E-state index contributed by atoms with van der Waals surface area (Å²) in [4.78, 5) is 14.1. The number of carbonyl (C=O) groups excluding carboxylic acids is 1. The molecule has 1 aromatic heterocycles. The lowest BCUT2D eigenvalue weighted by Gasteiger charge is -2.27. The second kappa shape index (κ2) is 8.41. The van der Waals surface area contributed by atoms with Crippen LogP contribution in [0.5, 0.6) is 0 Å². The summed E-state index contributed by atoms with van der Waals surface area (Å²) in [7, 11) is 0. The standard InChI is InChI=1S/C20H22Cl2N4OS/c1-13-18(20(27)24-25-9-3-2-4-10-25)23-26(19(13)17-6-5-11-28-17)16-8-7-14(21)12-15(16)22/h5-8,11-13,19H,2-4,9-10H2,1H3,(H,24,27). The number of hydrogen-bond donors (Lipinski definition) is 1. The molecule has 3 heterocycles. The lowest BCUT2D eigenvalue weighted by Crippen LogP contribution is -2.48. The van der Waals surface area contributed by atoms with E-state index < -0.39 is 0 Å². The Morgan fingerprint density at radius 2 is 2.00 bits per heavy atom. The Hall–Kier alpha value is -1.60. The van der Waals surface area contributed by atoms with Crippen LogP contribution >= 0.6 is 34.5 Å². The van der Waals surface area contributed by atoms with Crippen molar-refractivity contribution in [1.29, 1.82) is 0 Å². The number of thiophene rings is 1. The molecule has 0 saturated carbocycles. The summed E-state index contributed by atoms with van der Waals surface area (Å²) in [5, 5.41) is 11.7. The number of benzene rings is 1. The molecule has 2 atom stereocenters. The molecule has 2 unspecified atom stereocenters. The fraction of sp³-hybridized carbons (Fsp3) is 0.400. The molecule has 2 aliphatic rings. The van der Waals surface area contributed by atoms with Gasteiger partial charge in [0.1, 0.15) is 5.71 Å². The first-order chi connectivity index (χ1) is 13.5. The Kier molecular flexibility index (Phi) is 5.92. The maximum atomic E-state index is 13.0. The summed E-state index contributed by atoms with van der Waals surface area (Å²) in [6.07, 6.45) is 3.42. The summed E-state index contributed by atoms with van der Waals surface area (Å²) >= 11 is 14.2. The zero-order valence-corrected chi connectivity index (χ0v) is 17.9. The van der Waals surface area contributed by atoms with Crippen LogP contribution in [0.25, 0.3) is 0 Å². The first-order valence-electron chi connectivity index (χ1n) is 9.46. The van der Waals surface area contributed by atoms with E-state index >= 15 is 0 Å². The number of nitrogens with zero attached hydrogens (tertiary/aromatic N) is 3. The van der Waals surface area contributed by atoms with E-state index in [0.717, 1.165) is 36.5 Å². The van der Waals surface area contributed by atoms with Gasteiger partial charge in [0.15, 0.2) is 0 Å². The third kappa shape index (κ3) is 3.92. The number of anilines is 1. The zero-order valence-electron chi connectivity index (χ0n) is 15.6. The lowest BCUT2D eigenvalue weighted by molar-refractivity contribution is -0.120. The van der Waals surface area contributed by atoms with E-state index in [1.165, 1.54) is 6.42 Å². The van der Waals surface area contributed by atoms with Crippen LogP contribution in [-0.4, -0.2) is 29.7 Å². The van der Waals surface area contributed by atoms with Crippen molar-refractivity contribution in [3.8, 4) is 0 Å². The summed E-state index contributed by atoms with van der Waals surface area (Å²) in [6.45, 7) is 3.81. The van der Waals surface area contributed by atoms with Crippen molar-refractivity contribution in [2.75, 3.05) is 18.1 Å². The van der Waals surface area contributed by atoms with E-state index in [1.54, 1.807) is 23.5 Å². The molecule has 148 valence electrons. The fourth-order valence-electron chi connectivity index (χ4n) is 3.79. The largest absolute Gasteiger partial charge is 0.284 e. The highest BCUT2D eigenvalue weighted by Gasteiger charge is 2.40. The Bertz CT molecular complexity index is 880. The van der Waals surface area contributed by atoms with Crippen LogP contribution in [-0.2, 0) is 4.79 Å². The molecule has 28 heavy (non-hydrogen) atoms. The van der Waals surface area contributed by atoms with E-state index in [2.05, 4.69) is 11.5 Å². The maximum absolute atomic E-state index is 13.0. The van der Waals surface area contributed by atoms with Gasteiger partial charge in [-0.1, -0.05) is 42.6 Å². The average Bonchev–Trinajstić information content (AvgIpc) is 3.30. The van der Waals surface area contributed by atoms with Gasteiger partial charge < -0.3 is 0 Å². The number of carbonyl (C=O) groups is 1. The van der Waals surface area contributed by atoms with Gasteiger partial charge in [0.25, 0.3) is 5.91 Å². The van der Waals surface area contributed by atoms with Crippen molar-refractivity contribution in [3.05, 3.63) is 50.6 Å². The first-order valence-corrected chi connectivity index (χ1v) is 11.1. The SMILES string of the molecule is CC1C(C(=O)NN2CCCCC2)=NN(c2ccc(Cl)cc2Cl)C1c1cccs1. The number of hydrazone groups is 1. The molecule has 1 aromatic carbocycles. The molecular formula is C20H22Cl2N4OS. The van der Waals surface area contributed by atoms with Crippen molar-refractivity contribution >= 4 is 51.8 Å².